The van der Waals surface area contributed by atoms with Crippen LogP contribution in [0.15, 0.2) is 0 Å². The van der Waals surface area contributed by atoms with E-state index in [1.165, 1.54) is 32.1 Å². The van der Waals surface area contributed by atoms with E-state index in [4.69, 9.17) is 6.42 Å². The van der Waals surface area contributed by atoms with Crippen LogP contribution in [0, 0.1) is 12.3 Å². The molecule has 1 unspecified atom stereocenters. The lowest BCUT2D eigenvalue weighted by atomic mass is 9.75. The highest BCUT2D eigenvalue weighted by Gasteiger charge is 2.37. The zero-order valence-corrected chi connectivity index (χ0v) is 9.72. The fraction of sp³-hybridized carbons (Fsp3) is 0.769. The lowest BCUT2D eigenvalue weighted by Crippen LogP contribution is -2.57. The van der Waals surface area contributed by atoms with Crippen LogP contribution < -0.4 is 10.6 Å². The minimum atomic E-state index is -0.266. The first-order valence-electron chi connectivity index (χ1n) is 6.26. The molecule has 3 heteroatoms. The maximum atomic E-state index is 11.2. The number of nitrogens with one attached hydrogen (secondary N) is 2. The van der Waals surface area contributed by atoms with E-state index in [2.05, 4.69) is 16.6 Å². The van der Waals surface area contributed by atoms with Crippen LogP contribution >= 0.6 is 0 Å². The molecule has 1 aliphatic heterocycles. The molecule has 3 nitrogen and oxygen atoms in total. The molecule has 1 saturated carbocycles. The lowest BCUT2D eigenvalue weighted by molar-refractivity contribution is -0.116. The normalized spacial score (nSPS) is 28.3. The van der Waals surface area contributed by atoms with Gasteiger partial charge in [-0.15, -0.1) is 6.42 Å². The molecular formula is C13H20N2O. The summed E-state index contributed by atoms with van der Waals surface area (Å²) in [7, 11) is 0. The molecule has 1 heterocycles. The number of hydrogen-bond acceptors (Lipinski definition) is 2. The van der Waals surface area contributed by atoms with Crippen molar-refractivity contribution in [3.63, 3.8) is 0 Å². The van der Waals surface area contributed by atoms with Crippen molar-refractivity contribution >= 4 is 5.91 Å². The minimum Gasteiger partial charge on any atom is -0.342 e. The summed E-state index contributed by atoms with van der Waals surface area (Å²) in [4.78, 5) is 11.2. The maximum absolute atomic E-state index is 11.2. The van der Waals surface area contributed by atoms with Crippen LogP contribution in [-0.4, -0.2) is 24.0 Å². The molecule has 88 valence electrons. The van der Waals surface area contributed by atoms with Crippen molar-refractivity contribution < 1.29 is 4.79 Å². The number of carbonyl (C=O) groups excluding carboxylic acids is 1. The van der Waals surface area contributed by atoms with Crippen LogP contribution in [-0.2, 0) is 4.79 Å². The van der Waals surface area contributed by atoms with Gasteiger partial charge in [-0.1, -0.05) is 19.3 Å². The highest BCUT2D eigenvalue weighted by molar-refractivity contribution is 5.93. The average molecular weight is 220 g/mol. The van der Waals surface area contributed by atoms with Crippen molar-refractivity contribution in [2.45, 2.75) is 56.5 Å². The molecule has 0 radical (unpaired) electrons. The molecule has 1 aliphatic carbocycles. The standard InChI is InChI=1S/C13H20N2O/c1-2-12(16)15-11-6-9-14-13(10-11)7-4-3-5-8-13/h1,11,14H,3-10H2,(H,15,16). The monoisotopic (exact) mass is 220 g/mol. The summed E-state index contributed by atoms with van der Waals surface area (Å²) in [5, 5.41) is 6.58. The van der Waals surface area contributed by atoms with Gasteiger partial charge in [0.2, 0.25) is 0 Å². The van der Waals surface area contributed by atoms with E-state index in [1.54, 1.807) is 0 Å². The third-order valence-electron chi connectivity index (χ3n) is 3.91. The molecule has 0 bridgehead atoms. The second-order valence-corrected chi connectivity index (χ2v) is 5.08. The molecule has 2 N–H and O–H groups in total. The molecule has 1 amide bonds. The summed E-state index contributed by atoms with van der Waals surface area (Å²) in [5.74, 6) is 1.87. The van der Waals surface area contributed by atoms with Gasteiger partial charge in [0.05, 0.1) is 0 Å². The minimum absolute atomic E-state index is 0.266. The number of terminal acetylenes is 1. The summed E-state index contributed by atoms with van der Waals surface area (Å²) in [6.45, 7) is 0.996. The van der Waals surface area contributed by atoms with Gasteiger partial charge in [-0.05, 0) is 38.1 Å². The molecule has 0 aromatic heterocycles. The van der Waals surface area contributed by atoms with Crippen LogP contribution in [0.2, 0.25) is 0 Å². The van der Waals surface area contributed by atoms with Gasteiger partial charge < -0.3 is 10.6 Å². The van der Waals surface area contributed by atoms with E-state index in [1.807, 2.05) is 0 Å². The smallest absolute Gasteiger partial charge is 0.295 e. The van der Waals surface area contributed by atoms with Gasteiger partial charge in [-0.2, -0.15) is 0 Å². The molecule has 16 heavy (non-hydrogen) atoms. The second kappa shape index (κ2) is 4.88. The topological polar surface area (TPSA) is 41.1 Å². The van der Waals surface area contributed by atoms with Crippen LogP contribution in [0.5, 0.6) is 0 Å². The fourth-order valence-electron chi connectivity index (χ4n) is 3.12. The Labute approximate surface area is 97.4 Å². The molecule has 0 aromatic carbocycles. The summed E-state index contributed by atoms with van der Waals surface area (Å²) in [6.07, 6.45) is 13.6. The first-order valence-corrected chi connectivity index (χ1v) is 6.26. The molecule has 1 spiro atoms. The Morgan fingerprint density at radius 2 is 2.12 bits per heavy atom. The molecular weight excluding hydrogens is 200 g/mol. The van der Waals surface area contributed by atoms with Crippen LogP contribution in [0.25, 0.3) is 0 Å². The Balaban J connectivity index is 1.93. The Bertz CT molecular complexity index is 294. The van der Waals surface area contributed by atoms with Crippen molar-refractivity contribution in [3.05, 3.63) is 0 Å². The van der Waals surface area contributed by atoms with Crippen LogP contribution in [0.4, 0.5) is 0 Å². The lowest BCUT2D eigenvalue weighted by Gasteiger charge is -2.44. The van der Waals surface area contributed by atoms with Crippen LogP contribution in [0.1, 0.15) is 44.9 Å². The van der Waals surface area contributed by atoms with E-state index < -0.39 is 0 Å². The fourth-order valence-corrected chi connectivity index (χ4v) is 3.12. The zero-order chi connectivity index (χ0) is 11.4. The molecule has 1 atom stereocenters. The van der Waals surface area contributed by atoms with E-state index >= 15 is 0 Å². The molecule has 2 aliphatic rings. The van der Waals surface area contributed by atoms with Crippen molar-refractivity contribution in [1.82, 2.24) is 10.6 Å². The molecule has 2 rings (SSSR count). The van der Waals surface area contributed by atoms with E-state index in [0.29, 0.717) is 0 Å². The zero-order valence-electron chi connectivity index (χ0n) is 9.72. The molecule has 2 fully saturated rings. The first-order chi connectivity index (χ1) is 7.74. The summed E-state index contributed by atoms with van der Waals surface area (Å²) in [5.41, 5.74) is 0.281. The SMILES string of the molecule is C#CC(=O)NC1CCNC2(CCCCC2)C1. The van der Waals surface area contributed by atoms with E-state index in [9.17, 15) is 4.79 Å². The van der Waals surface area contributed by atoms with Crippen molar-refractivity contribution in [3.8, 4) is 12.3 Å². The number of hydrogen-bond donors (Lipinski definition) is 2. The third-order valence-corrected chi connectivity index (χ3v) is 3.91. The Kier molecular flexibility index (Phi) is 3.50. The van der Waals surface area contributed by atoms with Gasteiger partial charge in [0.25, 0.3) is 5.91 Å². The highest BCUT2D eigenvalue weighted by atomic mass is 16.1. The molecule has 1 saturated heterocycles. The summed E-state index contributed by atoms with van der Waals surface area (Å²) in [6, 6.07) is 0.267. The van der Waals surface area contributed by atoms with Gasteiger partial charge in [0.1, 0.15) is 0 Å². The van der Waals surface area contributed by atoms with Crippen LogP contribution in [0.3, 0.4) is 0 Å². The number of piperidine rings is 1. The van der Waals surface area contributed by atoms with E-state index in [-0.39, 0.29) is 17.5 Å². The average Bonchev–Trinajstić information content (AvgIpc) is 2.30. The van der Waals surface area contributed by atoms with Gasteiger partial charge >= 0.3 is 0 Å². The largest absolute Gasteiger partial charge is 0.342 e. The summed E-state index contributed by atoms with van der Waals surface area (Å²) < 4.78 is 0. The van der Waals surface area contributed by atoms with Gasteiger partial charge in [-0.3, -0.25) is 4.79 Å². The maximum Gasteiger partial charge on any atom is 0.295 e. The predicted octanol–water partition coefficient (Wildman–Crippen LogP) is 1.19. The Morgan fingerprint density at radius 3 is 2.81 bits per heavy atom. The predicted molar refractivity (Wildman–Crippen MR) is 63.8 cm³/mol. The number of amides is 1. The van der Waals surface area contributed by atoms with Crippen molar-refractivity contribution in [2.75, 3.05) is 6.54 Å². The first kappa shape index (κ1) is 11.5. The highest BCUT2D eigenvalue weighted by Crippen LogP contribution is 2.34. The van der Waals surface area contributed by atoms with Crippen molar-refractivity contribution in [2.24, 2.45) is 0 Å². The molecule has 0 aromatic rings. The van der Waals surface area contributed by atoms with E-state index in [0.717, 1.165) is 19.4 Å². The van der Waals surface area contributed by atoms with Gasteiger partial charge in [0.15, 0.2) is 0 Å². The van der Waals surface area contributed by atoms with Gasteiger partial charge in [-0.25, -0.2) is 0 Å². The number of carbonyl (C=O) groups is 1. The third kappa shape index (κ3) is 2.56. The second-order valence-electron chi connectivity index (χ2n) is 5.08. The Morgan fingerprint density at radius 1 is 1.38 bits per heavy atom. The van der Waals surface area contributed by atoms with Crippen molar-refractivity contribution in [1.29, 1.82) is 0 Å². The van der Waals surface area contributed by atoms with Gasteiger partial charge in [0, 0.05) is 11.6 Å². The number of rotatable bonds is 1. The quantitative estimate of drug-likeness (QED) is 0.652. The summed E-state index contributed by atoms with van der Waals surface area (Å²) >= 11 is 0. The Hall–Kier alpha value is -1.01.